The third-order valence-corrected chi connectivity index (χ3v) is 4.99. The molecule has 1 aromatic carbocycles. The van der Waals surface area contributed by atoms with Gasteiger partial charge in [-0.2, -0.15) is 5.10 Å². The molecule has 1 amide bonds. The molecule has 0 radical (unpaired) electrons. The van der Waals surface area contributed by atoms with Crippen LogP contribution in [0.25, 0.3) is 0 Å². The number of carbonyl (C=O) groups is 1. The second-order valence-electron chi connectivity index (χ2n) is 6.70. The zero-order valence-electron chi connectivity index (χ0n) is 14.6. The second-order valence-corrected chi connectivity index (χ2v) is 7.11. The Morgan fingerprint density at radius 1 is 1.36 bits per heavy atom. The SMILES string of the molecule is C/C(=N/NC(=S)N[C@@H]1CCCC[C@H]1C)c1ccc2c(c1)NC(=O)CO2. The van der Waals surface area contributed by atoms with Crippen LogP contribution in [0.15, 0.2) is 23.3 Å². The van der Waals surface area contributed by atoms with Crippen molar-refractivity contribution in [1.29, 1.82) is 0 Å². The molecule has 1 aliphatic heterocycles. The van der Waals surface area contributed by atoms with Gasteiger partial charge < -0.3 is 15.4 Å². The number of anilines is 1. The number of nitrogens with zero attached hydrogens (tertiary/aromatic N) is 1. The molecule has 3 N–H and O–H groups in total. The first-order chi connectivity index (χ1) is 12.0. The molecule has 7 heteroatoms. The Bertz CT molecular complexity index is 704. The summed E-state index contributed by atoms with van der Waals surface area (Å²) >= 11 is 5.36. The van der Waals surface area contributed by atoms with Crippen molar-refractivity contribution in [3.8, 4) is 5.75 Å². The monoisotopic (exact) mass is 360 g/mol. The van der Waals surface area contributed by atoms with Gasteiger partial charge in [-0.1, -0.05) is 19.8 Å². The van der Waals surface area contributed by atoms with E-state index in [4.69, 9.17) is 17.0 Å². The van der Waals surface area contributed by atoms with Gasteiger partial charge in [-0.05, 0) is 61.7 Å². The number of nitrogens with one attached hydrogen (secondary N) is 3. The van der Waals surface area contributed by atoms with Crippen LogP contribution in [0.1, 0.15) is 45.1 Å². The molecule has 0 bridgehead atoms. The highest BCUT2D eigenvalue weighted by Crippen LogP contribution is 2.28. The van der Waals surface area contributed by atoms with Crippen molar-refractivity contribution in [3.05, 3.63) is 23.8 Å². The molecule has 25 heavy (non-hydrogen) atoms. The van der Waals surface area contributed by atoms with Gasteiger partial charge in [0.1, 0.15) is 5.75 Å². The third-order valence-electron chi connectivity index (χ3n) is 4.78. The van der Waals surface area contributed by atoms with Crippen molar-refractivity contribution in [3.63, 3.8) is 0 Å². The molecule has 2 aliphatic rings. The molecular weight excluding hydrogens is 336 g/mol. The van der Waals surface area contributed by atoms with E-state index in [0.29, 0.717) is 28.5 Å². The van der Waals surface area contributed by atoms with E-state index in [1.54, 1.807) is 0 Å². The zero-order valence-corrected chi connectivity index (χ0v) is 15.4. The number of hydrogen-bond acceptors (Lipinski definition) is 4. The number of benzene rings is 1. The van der Waals surface area contributed by atoms with Gasteiger partial charge in [-0.15, -0.1) is 0 Å². The zero-order chi connectivity index (χ0) is 17.8. The first kappa shape index (κ1) is 17.7. The number of thiocarbonyl (C=S) groups is 1. The van der Waals surface area contributed by atoms with Crippen LogP contribution in [0.4, 0.5) is 5.69 Å². The summed E-state index contributed by atoms with van der Waals surface area (Å²) < 4.78 is 5.36. The quantitative estimate of drug-likeness (QED) is 0.439. The standard InChI is InChI=1S/C18H24N4O2S/c1-11-5-3-4-6-14(11)20-18(25)22-21-12(2)13-7-8-16-15(9-13)19-17(23)10-24-16/h7-9,11,14H,3-6,10H2,1-2H3,(H,19,23)(H2,20,22,25)/b21-12-/t11-,14-/m1/s1. The first-order valence-electron chi connectivity index (χ1n) is 8.71. The fraction of sp³-hybridized carbons (Fsp3) is 0.500. The number of hydrazone groups is 1. The van der Waals surface area contributed by atoms with Crippen molar-refractivity contribution in [2.24, 2.45) is 11.0 Å². The van der Waals surface area contributed by atoms with Crippen molar-refractivity contribution >= 4 is 34.6 Å². The van der Waals surface area contributed by atoms with E-state index in [-0.39, 0.29) is 12.5 Å². The second kappa shape index (κ2) is 7.82. The Balaban J connectivity index is 1.60. The Hall–Kier alpha value is -2.15. The summed E-state index contributed by atoms with van der Waals surface area (Å²) in [5, 5.41) is 11.1. The molecule has 1 aromatic rings. The average molecular weight is 360 g/mol. The molecule has 1 fully saturated rings. The van der Waals surface area contributed by atoms with Crippen LogP contribution in [0.3, 0.4) is 0 Å². The van der Waals surface area contributed by atoms with E-state index in [9.17, 15) is 4.79 Å². The molecule has 0 unspecified atom stereocenters. The van der Waals surface area contributed by atoms with Gasteiger partial charge in [0.05, 0.1) is 11.4 Å². The number of fused-ring (bicyclic) bond motifs is 1. The Morgan fingerprint density at radius 2 is 2.16 bits per heavy atom. The van der Waals surface area contributed by atoms with Crippen molar-refractivity contribution in [2.45, 2.75) is 45.6 Å². The highest BCUT2D eigenvalue weighted by Gasteiger charge is 2.21. The van der Waals surface area contributed by atoms with Crippen molar-refractivity contribution < 1.29 is 9.53 Å². The van der Waals surface area contributed by atoms with Crippen molar-refractivity contribution in [2.75, 3.05) is 11.9 Å². The van der Waals surface area contributed by atoms with E-state index in [1.165, 1.54) is 19.3 Å². The maximum Gasteiger partial charge on any atom is 0.262 e. The number of ether oxygens (including phenoxy) is 1. The molecule has 1 aliphatic carbocycles. The van der Waals surface area contributed by atoms with Crippen LogP contribution in [0.5, 0.6) is 5.75 Å². The number of rotatable bonds is 3. The Morgan fingerprint density at radius 3 is 2.96 bits per heavy atom. The summed E-state index contributed by atoms with van der Waals surface area (Å²) in [6.45, 7) is 4.21. The molecule has 1 heterocycles. The smallest absolute Gasteiger partial charge is 0.262 e. The van der Waals surface area contributed by atoms with Gasteiger partial charge in [0.15, 0.2) is 11.7 Å². The molecule has 3 rings (SSSR count). The largest absolute Gasteiger partial charge is 0.482 e. The normalized spacial score (nSPS) is 23.1. The molecule has 0 aromatic heterocycles. The molecule has 0 saturated heterocycles. The Kier molecular flexibility index (Phi) is 5.53. The van der Waals surface area contributed by atoms with E-state index in [1.807, 2.05) is 25.1 Å². The summed E-state index contributed by atoms with van der Waals surface area (Å²) in [7, 11) is 0. The topological polar surface area (TPSA) is 74.8 Å². The maximum atomic E-state index is 11.4. The minimum atomic E-state index is -0.149. The van der Waals surface area contributed by atoms with Crippen LogP contribution in [0, 0.1) is 5.92 Å². The number of carbonyl (C=O) groups excluding carboxylic acids is 1. The fourth-order valence-corrected chi connectivity index (χ4v) is 3.44. The lowest BCUT2D eigenvalue weighted by Crippen LogP contribution is -2.44. The predicted molar refractivity (Wildman–Crippen MR) is 103 cm³/mol. The van der Waals surface area contributed by atoms with Gasteiger partial charge in [-0.3, -0.25) is 10.2 Å². The van der Waals surface area contributed by atoms with Gasteiger partial charge in [-0.25, -0.2) is 0 Å². The van der Waals surface area contributed by atoms with Crippen LogP contribution in [0.2, 0.25) is 0 Å². The van der Waals surface area contributed by atoms with Crippen LogP contribution >= 0.6 is 12.2 Å². The lowest BCUT2D eigenvalue weighted by atomic mass is 9.86. The molecule has 0 spiro atoms. The first-order valence-corrected chi connectivity index (χ1v) is 9.11. The number of amides is 1. The highest BCUT2D eigenvalue weighted by molar-refractivity contribution is 7.80. The van der Waals surface area contributed by atoms with E-state index < -0.39 is 0 Å². The summed E-state index contributed by atoms with van der Waals surface area (Å²) in [4.78, 5) is 11.4. The summed E-state index contributed by atoms with van der Waals surface area (Å²) in [5.74, 6) is 1.15. The minimum absolute atomic E-state index is 0.0561. The van der Waals surface area contributed by atoms with Gasteiger partial charge in [0.25, 0.3) is 5.91 Å². The van der Waals surface area contributed by atoms with Crippen LogP contribution < -0.4 is 20.8 Å². The number of hydrogen-bond donors (Lipinski definition) is 3. The van der Waals surface area contributed by atoms with E-state index >= 15 is 0 Å². The molecular formula is C18H24N4O2S. The van der Waals surface area contributed by atoms with E-state index in [2.05, 4.69) is 28.1 Å². The van der Waals surface area contributed by atoms with Gasteiger partial charge in [0.2, 0.25) is 0 Å². The maximum absolute atomic E-state index is 11.4. The minimum Gasteiger partial charge on any atom is -0.482 e. The lowest BCUT2D eigenvalue weighted by molar-refractivity contribution is -0.118. The molecule has 2 atom stereocenters. The summed E-state index contributed by atoms with van der Waals surface area (Å²) in [5.41, 5.74) is 5.27. The van der Waals surface area contributed by atoms with Crippen LogP contribution in [-0.2, 0) is 4.79 Å². The fourth-order valence-electron chi connectivity index (χ4n) is 3.24. The lowest BCUT2D eigenvalue weighted by Gasteiger charge is -2.30. The molecule has 6 nitrogen and oxygen atoms in total. The summed E-state index contributed by atoms with van der Waals surface area (Å²) in [6.07, 6.45) is 4.94. The Labute approximate surface area is 153 Å². The molecule has 1 saturated carbocycles. The highest BCUT2D eigenvalue weighted by atomic mass is 32.1. The van der Waals surface area contributed by atoms with E-state index in [0.717, 1.165) is 17.7 Å². The molecule has 134 valence electrons. The van der Waals surface area contributed by atoms with Gasteiger partial charge in [0, 0.05) is 6.04 Å². The van der Waals surface area contributed by atoms with Gasteiger partial charge >= 0.3 is 0 Å². The predicted octanol–water partition coefficient (Wildman–Crippen LogP) is 2.78. The summed E-state index contributed by atoms with van der Waals surface area (Å²) in [6, 6.07) is 6.02. The third kappa shape index (κ3) is 4.48. The van der Waals surface area contributed by atoms with Crippen LogP contribution in [-0.4, -0.2) is 29.4 Å². The average Bonchev–Trinajstić information content (AvgIpc) is 2.61. The van der Waals surface area contributed by atoms with Crippen molar-refractivity contribution in [1.82, 2.24) is 10.7 Å².